The van der Waals surface area contributed by atoms with E-state index in [1.807, 2.05) is 0 Å². The second kappa shape index (κ2) is 35.0. The number of unbranched alkanes of at least 4 members (excludes halogenated alkanes) is 24. The summed E-state index contributed by atoms with van der Waals surface area (Å²) in [5.74, 6) is 0. The van der Waals surface area contributed by atoms with E-state index in [1.54, 1.807) is 10.0 Å². The third kappa shape index (κ3) is 35.3. The van der Waals surface area contributed by atoms with Crippen LogP contribution in [0.1, 0.15) is 194 Å². The summed E-state index contributed by atoms with van der Waals surface area (Å²) in [5, 5.41) is 3.09. The molecule has 0 spiro atoms. The molecule has 10 heteroatoms. The lowest BCUT2D eigenvalue weighted by atomic mass is 10.0. The molecule has 52 heavy (non-hydrogen) atoms. The van der Waals surface area contributed by atoms with E-state index in [9.17, 15) is 9.59 Å². The Labute approximate surface area is 335 Å². The molecule has 6 nitrogen and oxygen atoms in total. The van der Waals surface area contributed by atoms with E-state index >= 15 is 0 Å². The quantitative estimate of drug-likeness (QED) is 0.0274. The normalized spacial score (nSPS) is 11.9. The second-order valence-electron chi connectivity index (χ2n) is 16.6. The third-order valence-corrected chi connectivity index (χ3v) is 14.2. The number of hydrazine groups is 1. The average Bonchev–Trinajstić information content (AvgIpc) is 3.08. The number of amides is 2. The molecule has 0 fully saturated rings. The number of hydrogen-bond donors (Lipinski definition) is 0. The first-order valence-corrected chi connectivity index (χ1v) is 30.6. The summed E-state index contributed by atoms with van der Waals surface area (Å²) in [5.41, 5.74) is 0. The minimum absolute atomic E-state index is 0.313. The molecule has 0 saturated carbocycles. The van der Waals surface area contributed by atoms with E-state index < -0.39 is 27.0 Å². The zero-order chi connectivity index (χ0) is 38.8. The molecular weight excluding hydrogens is 724 g/mol. The maximum absolute atomic E-state index is 13.6. The van der Waals surface area contributed by atoms with Crippen LogP contribution in [0.5, 0.6) is 0 Å². The van der Waals surface area contributed by atoms with Crippen LogP contribution < -0.4 is 0 Å². The summed E-state index contributed by atoms with van der Waals surface area (Å²) < 4.78 is 11.5. The van der Waals surface area contributed by atoms with Crippen LogP contribution in [0.3, 0.4) is 0 Å². The van der Waals surface area contributed by atoms with Crippen LogP contribution >= 0.6 is 22.2 Å². The predicted octanol–water partition coefficient (Wildman–Crippen LogP) is 15.6. The van der Waals surface area contributed by atoms with Gasteiger partial charge in [-0.3, -0.25) is 0 Å². The Morgan fingerprint density at radius 1 is 0.404 bits per heavy atom. The van der Waals surface area contributed by atoms with E-state index in [-0.39, 0.29) is 0 Å². The van der Waals surface area contributed by atoms with Gasteiger partial charge in [0, 0.05) is 13.1 Å². The SMILES string of the molecule is CCCCCCCCCCCCCCCCCCN(C(=O)OCCC[Si](C)(C)Cl)N(CCCCCCCCCCCC)C(=O)OCCC[Si](C)(C)Cl. The first kappa shape index (κ1) is 51.6. The Morgan fingerprint density at radius 3 is 0.865 bits per heavy atom. The highest BCUT2D eigenvalue weighted by Gasteiger charge is 2.29. The summed E-state index contributed by atoms with van der Waals surface area (Å²) >= 11 is 13.0. The van der Waals surface area contributed by atoms with E-state index in [1.165, 1.54) is 128 Å². The molecule has 0 aromatic carbocycles. The van der Waals surface area contributed by atoms with Crippen molar-refractivity contribution in [2.75, 3.05) is 26.3 Å². The van der Waals surface area contributed by atoms with Crippen molar-refractivity contribution in [3.8, 4) is 0 Å². The maximum Gasteiger partial charge on any atom is 0.428 e. The third-order valence-electron chi connectivity index (χ3n) is 9.94. The smallest absolute Gasteiger partial charge is 0.428 e. The first-order chi connectivity index (χ1) is 24.9. The van der Waals surface area contributed by atoms with Crippen molar-refractivity contribution >= 4 is 49.1 Å². The number of hydrogen-bond acceptors (Lipinski definition) is 4. The predicted molar refractivity (Wildman–Crippen MR) is 233 cm³/mol. The molecule has 0 heterocycles. The average molecular weight is 810 g/mol. The van der Waals surface area contributed by atoms with Crippen molar-refractivity contribution < 1.29 is 19.1 Å². The Balaban J connectivity index is 4.99. The summed E-state index contributed by atoms with van der Waals surface area (Å²) in [6.45, 7) is 14.5. The highest BCUT2D eigenvalue weighted by Crippen LogP contribution is 2.20. The van der Waals surface area contributed by atoms with E-state index in [2.05, 4.69) is 40.0 Å². The fourth-order valence-corrected chi connectivity index (χ4v) is 9.40. The molecule has 0 bridgehead atoms. The number of rotatable bonds is 36. The van der Waals surface area contributed by atoms with Crippen LogP contribution in [0.25, 0.3) is 0 Å². The van der Waals surface area contributed by atoms with Gasteiger partial charge in [0.25, 0.3) is 0 Å². The number of carbonyl (C=O) groups excluding carboxylic acids is 2. The van der Waals surface area contributed by atoms with Crippen molar-refractivity contribution in [1.82, 2.24) is 10.0 Å². The number of ether oxygens (including phenoxy) is 2. The van der Waals surface area contributed by atoms with Crippen LogP contribution in [0.2, 0.25) is 38.3 Å². The van der Waals surface area contributed by atoms with Crippen LogP contribution in [0, 0.1) is 0 Å². The summed E-state index contributed by atoms with van der Waals surface area (Å²) in [6.07, 6.45) is 33.4. The second-order valence-corrected chi connectivity index (χ2v) is 30.6. The lowest BCUT2D eigenvalue weighted by Gasteiger charge is -2.33. The summed E-state index contributed by atoms with van der Waals surface area (Å²) in [6, 6.07) is 1.76. The van der Waals surface area contributed by atoms with Crippen molar-refractivity contribution in [2.45, 2.75) is 232 Å². The Morgan fingerprint density at radius 2 is 0.635 bits per heavy atom. The fraction of sp³-hybridized carbons (Fsp3) is 0.952. The topological polar surface area (TPSA) is 59.1 Å². The molecule has 2 amide bonds. The molecule has 0 rings (SSSR count). The van der Waals surface area contributed by atoms with E-state index in [0.717, 1.165) is 63.5 Å². The van der Waals surface area contributed by atoms with Gasteiger partial charge in [-0.05, 0) is 37.8 Å². The molecule has 0 aliphatic rings. The van der Waals surface area contributed by atoms with Crippen LogP contribution in [-0.4, -0.2) is 63.3 Å². The van der Waals surface area contributed by atoms with E-state index in [0.29, 0.717) is 26.3 Å². The zero-order valence-corrected chi connectivity index (χ0v) is 38.8. The van der Waals surface area contributed by atoms with Crippen LogP contribution in [0.4, 0.5) is 9.59 Å². The lowest BCUT2D eigenvalue weighted by molar-refractivity contribution is -0.0239. The number of halogens is 2. The van der Waals surface area contributed by atoms with Gasteiger partial charge in [0.2, 0.25) is 0 Å². The van der Waals surface area contributed by atoms with Gasteiger partial charge in [0.05, 0.1) is 13.2 Å². The van der Waals surface area contributed by atoms with Crippen LogP contribution in [0.15, 0.2) is 0 Å². The maximum atomic E-state index is 13.6. The number of carbonyl (C=O) groups is 2. The van der Waals surface area contributed by atoms with Gasteiger partial charge in [-0.25, -0.2) is 19.6 Å². The molecular formula is C42H86Cl2N2O4Si2. The van der Waals surface area contributed by atoms with Gasteiger partial charge in [-0.1, -0.05) is 194 Å². The molecule has 0 radical (unpaired) electrons. The standard InChI is InChI=1S/C42H86Cl2N2O4Si2/c1-7-9-11-13-15-17-19-20-21-22-23-24-26-28-30-32-36-46(42(48)50-38-34-40-52(5,6)44)45(41(47)49-37-33-39-51(3,4)43)35-31-29-27-25-18-16-14-12-10-8-2/h7-40H2,1-6H3. The van der Waals surface area contributed by atoms with Crippen molar-refractivity contribution in [3.63, 3.8) is 0 Å². The van der Waals surface area contributed by atoms with Gasteiger partial charge in [0.1, 0.15) is 0 Å². The van der Waals surface area contributed by atoms with Gasteiger partial charge in [-0.15, -0.1) is 0 Å². The first-order valence-electron chi connectivity index (χ1n) is 22.2. The molecule has 0 aromatic rings. The Bertz CT molecular complexity index is 827. The molecule has 0 unspecified atom stereocenters. The van der Waals surface area contributed by atoms with Crippen molar-refractivity contribution in [2.24, 2.45) is 0 Å². The summed E-state index contributed by atoms with van der Waals surface area (Å²) in [4.78, 5) is 27.1. The van der Waals surface area contributed by atoms with Crippen molar-refractivity contribution in [3.05, 3.63) is 0 Å². The summed E-state index contributed by atoms with van der Waals surface area (Å²) in [7, 11) is -3.50. The molecule has 0 aromatic heterocycles. The van der Waals surface area contributed by atoms with Crippen LogP contribution in [-0.2, 0) is 9.47 Å². The highest BCUT2D eigenvalue weighted by molar-refractivity contribution is 7.19. The minimum Gasteiger partial charge on any atom is -0.448 e. The highest BCUT2D eigenvalue weighted by atomic mass is 35.6. The van der Waals surface area contributed by atoms with Gasteiger partial charge in [-0.2, -0.15) is 22.2 Å². The van der Waals surface area contributed by atoms with Gasteiger partial charge in [0.15, 0.2) is 14.8 Å². The van der Waals surface area contributed by atoms with Crippen molar-refractivity contribution in [1.29, 1.82) is 0 Å². The largest absolute Gasteiger partial charge is 0.448 e. The van der Waals surface area contributed by atoms with Gasteiger partial charge < -0.3 is 9.47 Å². The Kier molecular flexibility index (Phi) is 34.7. The molecule has 0 aliphatic carbocycles. The molecule has 310 valence electrons. The number of nitrogens with zero attached hydrogens (tertiary/aromatic N) is 2. The Hall–Kier alpha value is -0.446. The zero-order valence-electron chi connectivity index (χ0n) is 35.3. The molecule has 0 N–H and O–H groups in total. The monoisotopic (exact) mass is 809 g/mol. The van der Waals surface area contributed by atoms with E-state index in [4.69, 9.17) is 31.6 Å². The lowest BCUT2D eigenvalue weighted by Crippen LogP contribution is -2.51. The molecule has 0 atom stereocenters. The molecule has 0 saturated heterocycles. The fourth-order valence-electron chi connectivity index (χ4n) is 6.63. The molecule has 0 aliphatic heterocycles. The van der Waals surface area contributed by atoms with Gasteiger partial charge >= 0.3 is 12.2 Å². The minimum atomic E-state index is -1.75.